The Balaban J connectivity index is 4.25. The van der Waals surface area contributed by atoms with E-state index in [-0.39, 0.29) is 31.1 Å². The number of carbonyl (C=O) groups excluding carboxylic acids is 3. The highest BCUT2D eigenvalue weighted by Gasteiger charge is 2.19. The summed E-state index contributed by atoms with van der Waals surface area (Å²) in [5.41, 5.74) is 0. The Kier molecular flexibility index (Phi) is 66.7. The van der Waals surface area contributed by atoms with Gasteiger partial charge >= 0.3 is 17.9 Å². The summed E-state index contributed by atoms with van der Waals surface area (Å²) in [6.45, 7) is 6.43. The maximum atomic E-state index is 12.9. The molecule has 0 bridgehead atoms. The van der Waals surface area contributed by atoms with Crippen LogP contribution in [0.3, 0.4) is 0 Å². The fourth-order valence-corrected chi connectivity index (χ4v) is 9.79. The molecule has 0 rings (SSSR count). The quantitative estimate of drug-likeness (QED) is 0.0261. The van der Waals surface area contributed by atoms with Crippen LogP contribution in [-0.2, 0) is 28.6 Å². The van der Waals surface area contributed by atoms with E-state index < -0.39 is 6.10 Å². The molecule has 0 aliphatic heterocycles. The lowest BCUT2D eigenvalue weighted by atomic mass is 10.0. The van der Waals surface area contributed by atoms with Crippen LogP contribution in [0.1, 0.15) is 329 Å². The average Bonchev–Trinajstić information content (AvgIpc) is 3.48. The summed E-state index contributed by atoms with van der Waals surface area (Å²) >= 11 is 0. The Labute approximate surface area is 513 Å². The summed E-state index contributed by atoms with van der Waals surface area (Å²) in [7, 11) is 0. The van der Waals surface area contributed by atoms with Crippen molar-refractivity contribution < 1.29 is 28.6 Å². The zero-order valence-corrected chi connectivity index (χ0v) is 54.4. The van der Waals surface area contributed by atoms with E-state index >= 15 is 0 Å². The van der Waals surface area contributed by atoms with Gasteiger partial charge < -0.3 is 14.2 Å². The first-order valence-corrected chi connectivity index (χ1v) is 35.0. The summed E-state index contributed by atoms with van der Waals surface area (Å²) in [6, 6.07) is 0. The number of hydrogen-bond donors (Lipinski definition) is 0. The Morgan fingerprint density at radius 3 is 0.735 bits per heavy atom. The van der Waals surface area contributed by atoms with Gasteiger partial charge in [-0.25, -0.2) is 0 Å². The maximum Gasteiger partial charge on any atom is 0.306 e. The van der Waals surface area contributed by atoms with Crippen LogP contribution >= 0.6 is 0 Å². The van der Waals surface area contributed by atoms with E-state index in [1.54, 1.807) is 0 Å². The molecule has 0 heterocycles. The van der Waals surface area contributed by atoms with Gasteiger partial charge in [0.15, 0.2) is 6.10 Å². The third-order valence-corrected chi connectivity index (χ3v) is 15.0. The molecule has 0 N–H and O–H groups in total. The normalized spacial score (nSPS) is 12.9. The third-order valence-electron chi connectivity index (χ3n) is 15.0. The van der Waals surface area contributed by atoms with Crippen molar-refractivity contribution in [2.45, 2.75) is 335 Å². The Hall–Kier alpha value is -4.19. The van der Waals surface area contributed by atoms with Gasteiger partial charge in [-0.1, -0.05) is 322 Å². The first-order chi connectivity index (χ1) is 41.0. The molecule has 6 nitrogen and oxygen atoms in total. The van der Waals surface area contributed by atoms with Gasteiger partial charge in [0, 0.05) is 19.3 Å². The van der Waals surface area contributed by atoms with E-state index in [1.165, 1.54) is 167 Å². The van der Waals surface area contributed by atoms with Gasteiger partial charge in [-0.2, -0.15) is 0 Å². The van der Waals surface area contributed by atoms with E-state index in [0.29, 0.717) is 19.3 Å². The first kappa shape index (κ1) is 78.8. The van der Waals surface area contributed by atoms with Crippen LogP contribution < -0.4 is 0 Å². The fraction of sp³-hybridized carbons (Fsp3) is 0.701. The van der Waals surface area contributed by atoms with Gasteiger partial charge in [-0.15, -0.1) is 0 Å². The van der Waals surface area contributed by atoms with Gasteiger partial charge in [-0.05, 0) is 109 Å². The minimum Gasteiger partial charge on any atom is -0.462 e. The van der Waals surface area contributed by atoms with Crippen LogP contribution in [0.5, 0.6) is 0 Å². The molecule has 1 unspecified atom stereocenters. The van der Waals surface area contributed by atoms with E-state index in [4.69, 9.17) is 14.2 Å². The van der Waals surface area contributed by atoms with Crippen LogP contribution in [0.25, 0.3) is 0 Å². The van der Waals surface area contributed by atoms with Crippen molar-refractivity contribution in [3.63, 3.8) is 0 Å². The summed E-state index contributed by atoms with van der Waals surface area (Å²) in [5, 5.41) is 0. The van der Waals surface area contributed by atoms with Crippen LogP contribution in [0.15, 0.2) is 122 Å². The molecule has 1 atom stereocenters. The molecular formula is C77H130O6. The standard InChI is InChI=1S/C77H130O6/c1-4-7-10-13-16-19-22-24-26-28-30-32-34-36-37-38-39-41-42-44-46-48-50-52-55-58-61-64-67-70-76(79)82-73-74(72-81-75(78)69-66-63-60-57-54-21-18-15-12-9-6-3)83-77(80)71-68-65-62-59-56-53-51-49-47-45-43-40-35-33-31-29-27-25-23-20-17-14-11-8-5-2/h7-8,10-11,16-17,19-20,24-27,30-33,36-37,39,41,74H,4-6,9,12-15,18,21-23,28-29,34-35,38,40,42-73H2,1-3H3/b10-7-,11-8-,19-16-,20-17-,26-24-,27-25-,32-30-,33-31-,37-36-,41-39-. The topological polar surface area (TPSA) is 78.9 Å². The fourth-order valence-electron chi connectivity index (χ4n) is 9.79. The van der Waals surface area contributed by atoms with E-state index in [2.05, 4.69) is 142 Å². The number of hydrogen-bond acceptors (Lipinski definition) is 6. The smallest absolute Gasteiger partial charge is 0.306 e. The molecule has 0 amide bonds. The predicted octanol–water partition coefficient (Wildman–Crippen LogP) is 24.3. The molecule has 0 saturated carbocycles. The van der Waals surface area contributed by atoms with Crippen molar-refractivity contribution in [3.05, 3.63) is 122 Å². The van der Waals surface area contributed by atoms with Gasteiger partial charge in [0.2, 0.25) is 0 Å². The van der Waals surface area contributed by atoms with E-state index in [9.17, 15) is 14.4 Å². The molecule has 0 aromatic carbocycles. The second-order valence-corrected chi connectivity index (χ2v) is 23.0. The number of carbonyl (C=O) groups is 3. The van der Waals surface area contributed by atoms with Crippen LogP contribution in [0.2, 0.25) is 0 Å². The molecule has 0 fully saturated rings. The lowest BCUT2D eigenvalue weighted by molar-refractivity contribution is -0.167. The molecule has 0 aliphatic carbocycles. The molecule has 6 heteroatoms. The van der Waals surface area contributed by atoms with Crippen LogP contribution in [0, 0.1) is 0 Å². The number of allylic oxidation sites excluding steroid dienone is 20. The van der Waals surface area contributed by atoms with Crippen molar-refractivity contribution in [2.24, 2.45) is 0 Å². The zero-order chi connectivity index (χ0) is 59.9. The van der Waals surface area contributed by atoms with Crippen LogP contribution in [-0.4, -0.2) is 37.2 Å². The largest absolute Gasteiger partial charge is 0.462 e. The highest BCUT2D eigenvalue weighted by atomic mass is 16.6. The van der Waals surface area contributed by atoms with E-state index in [1.807, 2.05) is 0 Å². The number of unbranched alkanes of at least 4 members (excludes halogenated alkanes) is 32. The maximum absolute atomic E-state index is 12.9. The second-order valence-electron chi connectivity index (χ2n) is 23.0. The van der Waals surface area contributed by atoms with Gasteiger partial charge in [0.05, 0.1) is 0 Å². The van der Waals surface area contributed by atoms with E-state index in [0.717, 1.165) is 122 Å². The van der Waals surface area contributed by atoms with Crippen molar-refractivity contribution in [1.82, 2.24) is 0 Å². The molecular weight excluding hydrogens is 1020 g/mol. The molecule has 0 aromatic rings. The van der Waals surface area contributed by atoms with Crippen molar-refractivity contribution in [1.29, 1.82) is 0 Å². The van der Waals surface area contributed by atoms with Gasteiger partial charge in [0.1, 0.15) is 13.2 Å². The monoisotopic (exact) mass is 1150 g/mol. The Morgan fingerprint density at radius 1 is 0.253 bits per heavy atom. The van der Waals surface area contributed by atoms with Gasteiger partial charge in [-0.3, -0.25) is 14.4 Å². The predicted molar refractivity (Wildman–Crippen MR) is 362 cm³/mol. The molecule has 83 heavy (non-hydrogen) atoms. The van der Waals surface area contributed by atoms with Crippen molar-refractivity contribution in [2.75, 3.05) is 13.2 Å². The summed E-state index contributed by atoms with van der Waals surface area (Å²) in [5.74, 6) is -0.874. The highest BCUT2D eigenvalue weighted by Crippen LogP contribution is 2.17. The number of ether oxygens (including phenoxy) is 3. The Morgan fingerprint density at radius 2 is 0.470 bits per heavy atom. The minimum atomic E-state index is -0.783. The molecule has 0 spiro atoms. The number of rotatable bonds is 63. The average molecular weight is 1150 g/mol. The lowest BCUT2D eigenvalue weighted by Gasteiger charge is -2.18. The van der Waals surface area contributed by atoms with Gasteiger partial charge in [0.25, 0.3) is 0 Å². The molecule has 0 aliphatic rings. The summed E-state index contributed by atoms with van der Waals surface area (Å²) in [6.07, 6.45) is 97.9. The first-order valence-electron chi connectivity index (χ1n) is 35.0. The Bertz CT molecular complexity index is 1700. The van der Waals surface area contributed by atoms with Crippen molar-refractivity contribution in [3.8, 4) is 0 Å². The summed E-state index contributed by atoms with van der Waals surface area (Å²) in [4.78, 5) is 38.4. The highest BCUT2D eigenvalue weighted by molar-refractivity contribution is 5.71. The molecule has 0 aromatic heterocycles. The number of esters is 3. The zero-order valence-electron chi connectivity index (χ0n) is 54.4. The lowest BCUT2D eigenvalue weighted by Crippen LogP contribution is -2.30. The SMILES string of the molecule is CC/C=C\C/C=C\C/C=C\C/C=C\C/C=C\C/C=C\CCCCCCCCCCCCC(=O)OCC(COC(=O)CCCCCCCCCCCCC)OC(=O)CCCCCCCCCCCCCC/C=C\C/C=C\C/C=C\C/C=C\CC. The van der Waals surface area contributed by atoms with Crippen molar-refractivity contribution >= 4 is 17.9 Å². The second kappa shape index (κ2) is 70.3. The summed E-state index contributed by atoms with van der Waals surface area (Å²) < 4.78 is 17.0. The van der Waals surface area contributed by atoms with Crippen LogP contribution in [0.4, 0.5) is 0 Å². The molecule has 0 radical (unpaired) electrons. The minimum absolute atomic E-state index is 0.0780. The third kappa shape index (κ3) is 68.5. The molecule has 474 valence electrons. The molecule has 0 saturated heterocycles.